The Morgan fingerprint density at radius 3 is 2.70 bits per heavy atom. The lowest BCUT2D eigenvalue weighted by Crippen LogP contribution is -2.47. The summed E-state index contributed by atoms with van der Waals surface area (Å²) >= 11 is 0. The molecule has 6 rings (SSSR count). The number of carbonyl (C=O) groups is 2. The van der Waals surface area contributed by atoms with Crippen LogP contribution in [0.3, 0.4) is 0 Å². The van der Waals surface area contributed by atoms with E-state index >= 15 is 0 Å². The number of aliphatic imine (C=N–C) groups is 1. The zero-order valence-electron chi connectivity index (χ0n) is 20.9. The molecule has 2 aromatic rings. The van der Waals surface area contributed by atoms with Crippen LogP contribution in [0.25, 0.3) is 0 Å². The standard InChI is InChI=1S/C28H29NO8/c1-4-28(34)10-14-8-16-23(26(33)22-15(24(16)31)6-5-7-18(22)30)25(32)21(14)19(11-28)37-20-9-17-27(12(2)35-20)36-13(3)29-17/h5-8,12,17,19-20,27,30,32,34H,4,9-11H2,1-3H3/t12-,17?,19-,20-,27?,28-/m0/s1. The highest BCUT2D eigenvalue weighted by molar-refractivity contribution is 6.30. The molecule has 1 fully saturated rings. The molecule has 9 nitrogen and oxygen atoms in total. The Balaban J connectivity index is 1.42. The van der Waals surface area contributed by atoms with Crippen molar-refractivity contribution in [3.05, 3.63) is 57.6 Å². The van der Waals surface area contributed by atoms with Gasteiger partial charge in [0.25, 0.3) is 0 Å². The highest BCUT2D eigenvalue weighted by Crippen LogP contribution is 2.49. The zero-order valence-corrected chi connectivity index (χ0v) is 20.9. The fraction of sp³-hybridized carbons (Fsp3) is 0.464. The lowest BCUT2D eigenvalue weighted by atomic mass is 9.73. The Morgan fingerprint density at radius 1 is 1.16 bits per heavy atom. The zero-order chi connectivity index (χ0) is 26.2. The van der Waals surface area contributed by atoms with Gasteiger partial charge in [0.05, 0.1) is 35.0 Å². The van der Waals surface area contributed by atoms with Crippen LogP contribution in [0.1, 0.15) is 89.1 Å². The van der Waals surface area contributed by atoms with Crippen molar-refractivity contribution in [3.63, 3.8) is 0 Å². The van der Waals surface area contributed by atoms with Gasteiger partial charge < -0.3 is 29.5 Å². The Hall–Kier alpha value is -3.27. The smallest absolute Gasteiger partial charge is 0.201 e. The summed E-state index contributed by atoms with van der Waals surface area (Å²) in [5.74, 6) is -1.17. The summed E-state index contributed by atoms with van der Waals surface area (Å²) in [6.45, 7) is 5.56. The van der Waals surface area contributed by atoms with E-state index in [-0.39, 0.29) is 64.8 Å². The van der Waals surface area contributed by atoms with Crippen molar-refractivity contribution in [2.45, 2.75) is 82.7 Å². The van der Waals surface area contributed by atoms with Gasteiger partial charge in [0.1, 0.15) is 17.6 Å². The molecule has 4 aliphatic rings. The minimum Gasteiger partial charge on any atom is -0.507 e. The summed E-state index contributed by atoms with van der Waals surface area (Å²) in [4.78, 5) is 31.3. The maximum atomic E-state index is 13.4. The van der Waals surface area contributed by atoms with E-state index < -0.39 is 29.6 Å². The van der Waals surface area contributed by atoms with Crippen LogP contribution in [0.5, 0.6) is 11.5 Å². The van der Waals surface area contributed by atoms with Crippen molar-refractivity contribution < 1.29 is 39.1 Å². The van der Waals surface area contributed by atoms with Crippen molar-refractivity contribution in [2.24, 2.45) is 4.99 Å². The molecule has 0 saturated carbocycles. The van der Waals surface area contributed by atoms with Gasteiger partial charge in [-0.05, 0) is 31.0 Å². The van der Waals surface area contributed by atoms with E-state index in [1.165, 1.54) is 18.2 Å². The van der Waals surface area contributed by atoms with Gasteiger partial charge in [-0.3, -0.25) is 9.59 Å². The topological polar surface area (TPSA) is 135 Å². The summed E-state index contributed by atoms with van der Waals surface area (Å²) in [6, 6.07) is 5.77. The summed E-state index contributed by atoms with van der Waals surface area (Å²) in [7, 11) is 0. The molecule has 0 amide bonds. The van der Waals surface area contributed by atoms with E-state index in [1.54, 1.807) is 13.0 Å². The highest BCUT2D eigenvalue weighted by Gasteiger charge is 2.47. The normalized spacial score (nSPS) is 32.1. The molecule has 2 unspecified atom stereocenters. The minimum atomic E-state index is -1.13. The third-order valence-electron chi connectivity index (χ3n) is 8.09. The van der Waals surface area contributed by atoms with Crippen LogP contribution < -0.4 is 0 Å². The quantitative estimate of drug-likeness (QED) is 0.491. The number of hydrogen-bond donors (Lipinski definition) is 3. The molecule has 0 radical (unpaired) electrons. The van der Waals surface area contributed by atoms with Crippen molar-refractivity contribution in [1.82, 2.24) is 0 Å². The van der Waals surface area contributed by atoms with Gasteiger partial charge in [0.15, 0.2) is 18.0 Å². The van der Waals surface area contributed by atoms with Crippen LogP contribution in [0, 0.1) is 0 Å². The average Bonchev–Trinajstić information content (AvgIpc) is 3.22. The summed E-state index contributed by atoms with van der Waals surface area (Å²) in [6.07, 6.45) is -0.717. The summed E-state index contributed by atoms with van der Waals surface area (Å²) < 4.78 is 18.2. The molecular weight excluding hydrogens is 478 g/mol. The van der Waals surface area contributed by atoms with E-state index in [1.807, 2.05) is 13.8 Å². The molecule has 37 heavy (non-hydrogen) atoms. The SMILES string of the molecule is CC[C@]1(O)Cc2cc3c(c(O)c2[C@@H](O[C@H]2CC4N=C(C)OC4[C@H](C)O2)C1)C(=O)c1c(O)cccc1C3=O. The molecule has 0 spiro atoms. The number of ketones is 2. The number of fused-ring (bicyclic) bond motifs is 4. The number of aliphatic hydroxyl groups is 1. The van der Waals surface area contributed by atoms with Crippen LogP contribution in [0.4, 0.5) is 0 Å². The van der Waals surface area contributed by atoms with Gasteiger partial charge in [-0.2, -0.15) is 0 Å². The summed E-state index contributed by atoms with van der Waals surface area (Å²) in [5, 5.41) is 33.1. The second-order valence-corrected chi connectivity index (χ2v) is 10.5. The molecule has 3 N–H and O–H groups in total. The summed E-state index contributed by atoms with van der Waals surface area (Å²) in [5.41, 5.74) is -0.380. The van der Waals surface area contributed by atoms with Crippen LogP contribution in [0.15, 0.2) is 29.3 Å². The fourth-order valence-corrected chi connectivity index (χ4v) is 6.20. The van der Waals surface area contributed by atoms with E-state index in [4.69, 9.17) is 14.2 Å². The molecule has 2 heterocycles. The first-order valence-corrected chi connectivity index (χ1v) is 12.6. The first-order chi connectivity index (χ1) is 17.6. The number of nitrogens with zero attached hydrogens (tertiary/aromatic N) is 1. The monoisotopic (exact) mass is 507 g/mol. The van der Waals surface area contributed by atoms with Crippen molar-refractivity contribution in [2.75, 3.05) is 0 Å². The molecule has 2 aromatic carbocycles. The lowest BCUT2D eigenvalue weighted by Gasteiger charge is -2.42. The van der Waals surface area contributed by atoms with Crippen molar-refractivity contribution in [3.8, 4) is 11.5 Å². The fourth-order valence-electron chi connectivity index (χ4n) is 6.20. The second kappa shape index (κ2) is 8.37. The maximum Gasteiger partial charge on any atom is 0.201 e. The van der Waals surface area contributed by atoms with E-state index in [9.17, 15) is 24.9 Å². The number of benzene rings is 2. The van der Waals surface area contributed by atoms with Crippen LogP contribution >= 0.6 is 0 Å². The van der Waals surface area contributed by atoms with Gasteiger partial charge in [0, 0.05) is 42.9 Å². The van der Waals surface area contributed by atoms with Crippen molar-refractivity contribution in [1.29, 1.82) is 0 Å². The molecular formula is C28H29NO8. The molecule has 9 heteroatoms. The molecule has 6 atom stereocenters. The average molecular weight is 508 g/mol. The Bertz CT molecular complexity index is 1370. The predicted molar refractivity (Wildman–Crippen MR) is 131 cm³/mol. The highest BCUT2D eigenvalue weighted by atomic mass is 16.7. The Labute approximate surface area is 213 Å². The lowest BCUT2D eigenvalue weighted by molar-refractivity contribution is -0.242. The number of rotatable bonds is 3. The van der Waals surface area contributed by atoms with Gasteiger partial charge in [0.2, 0.25) is 5.78 Å². The second-order valence-electron chi connectivity index (χ2n) is 10.5. The number of aromatic hydroxyl groups is 2. The molecule has 2 aliphatic carbocycles. The first-order valence-electron chi connectivity index (χ1n) is 12.6. The first kappa shape index (κ1) is 24.1. The van der Waals surface area contributed by atoms with Gasteiger partial charge in [-0.15, -0.1) is 0 Å². The van der Waals surface area contributed by atoms with Crippen LogP contribution in [0.2, 0.25) is 0 Å². The third-order valence-corrected chi connectivity index (χ3v) is 8.09. The Kier molecular flexibility index (Phi) is 5.45. The number of phenols is 2. The van der Waals surface area contributed by atoms with Crippen LogP contribution in [-0.2, 0) is 20.6 Å². The number of carbonyl (C=O) groups excluding carboxylic acids is 2. The predicted octanol–water partition coefficient (Wildman–Crippen LogP) is 3.34. The molecule has 0 aromatic heterocycles. The number of ether oxygens (including phenoxy) is 3. The third kappa shape index (κ3) is 3.67. The van der Waals surface area contributed by atoms with Gasteiger partial charge >= 0.3 is 0 Å². The maximum absolute atomic E-state index is 13.4. The minimum absolute atomic E-state index is 0.0525. The van der Waals surface area contributed by atoms with E-state index in [0.29, 0.717) is 29.9 Å². The Morgan fingerprint density at radius 2 is 1.95 bits per heavy atom. The molecule has 0 bridgehead atoms. The van der Waals surface area contributed by atoms with Crippen molar-refractivity contribution >= 4 is 17.5 Å². The van der Waals surface area contributed by atoms with Gasteiger partial charge in [-0.1, -0.05) is 19.1 Å². The van der Waals surface area contributed by atoms with E-state index in [0.717, 1.165) is 0 Å². The number of hydrogen-bond acceptors (Lipinski definition) is 9. The molecule has 2 aliphatic heterocycles. The molecule has 1 saturated heterocycles. The largest absolute Gasteiger partial charge is 0.507 e. The number of phenolic OH excluding ortho intramolecular Hbond substituents is 2. The molecule has 194 valence electrons. The van der Waals surface area contributed by atoms with Crippen LogP contribution in [-0.4, -0.2) is 62.9 Å². The van der Waals surface area contributed by atoms with Gasteiger partial charge in [-0.25, -0.2) is 4.99 Å². The van der Waals surface area contributed by atoms with E-state index in [2.05, 4.69) is 4.99 Å².